The van der Waals surface area contributed by atoms with Gasteiger partial charge in [-0.05, 0) is 11.5 Å². The van der Waals surface area contributed by atoms with Crippen LogP contribution in [0.4, 0.5) is 0 Å². The molecule has 104 valence electrons. The highest BCUT2D eigenvalue weighted by Crippen LogP contribution is 2.22. The van der Waals surface area contributed by atoms with Gasteiger partial charge in [-0.3, -0.25) is 0 Å². The third-order valence-corrected chi connectivity index (χ3v) is 7.81. The van der Waals surface area contributed by atoms with Gasteiger partial charge in [0, 0.05) is 39.3 Å². The second kappa shape index (κ2) is 14.5. The number of aliphatic hydroxyl groups excluding tert-OH is 1. The van der Waals surface area contributed by atoms with Gasteiger partial charge in [0.2, 0.25) is 0 Å². The first-order valence-electron chi connectivity index (χ1n) is 5.52. The Morgan fingerprint density at radius 2 is 1.41 bits per heavy atom. The molecule has 2 unspecified atom stereocenters. The monoisotopic (exact) mass is 350 g/mol. The molecule has 0 aliphatic heterocycles. The van der Waals surface area contributed by atoms with Gasteiger partial charge in [0.15, 0.2) is 0 Å². The molecule has 2 atom stereocenters. The fourth-order valence-electron chi connectivity index (χ4n) is 1.08. The van der Waals surface area contributed by atoms with Crippen molar-refractivity contribution in [3.05, 3.63) is 0 Å². The van der Waals surface area contributed by atoms with Crippen LogP contribution in [0.3, 0.4) is 0 Å². The zero-order chi connectivity index (χ0) is 12.9. The molecular formula is C10H22OS6. The summed E-state index contributed by atoms with van der Waals surface area (Å²) in [6, 6.07) is 0. The molecule has 1 nitrogen and oxygen atoms in total. The lowest BCUT2D eigenvalue weighted by Crippen LogP contribution is -2.16. The van der Waals surface area contributed by atoms with Gasteiger partial charge in [0.25, 0.3) is 0 Å². The Morgan fingerprint density at radius 1 is 0.882 bits per heavy atom. The second-order valence-corrected chi connectivity index (χ2v) is 8.49. The van der Waals surface area contributed by atoms with E-state index in [1.54, 1.807) is 0 Å². The summed E-state index contributed by atoms with van der Waals surface area (Å²) in [6.07, 6.45) is 0. The Balaban J connectivity index is 3.61. The summed E-state index contributed by atoms with van der Waals surface area (Å²) < 4.78 is 0. The third-order valence-electron chi connectivity index (χ3n) is 1.90. The minimum Gasteiger partial charge on any atom is -0.395 e. The quantitative estimate of drug-likeness (QED) is 0.406. The van der Waals surface area contributed by atoms with Gasteiger partial charge < -0.3 is 5.11 Å². The summed E-state index contributed by atoms with van der Waals surface area (Å²) in [4.78, 5) is 0. The smallest absolute Gasteiger partial charge is 0.0558 e. The summed E-state index contributed by atoms with van der Waals surface area (Å²) >= 11 is 18.4. The maximum atomic E-state index is 9.23. The average molecular weight is 351 g/mol. The van der Waals surface area contributed by atoms with Crippen molar-refractivity contribution in [3.8, 4) is 0 Å². The predicted molar refractivity (Wildman–Crippen MR) is 98.5 cm³/mol. The van der Waals surface area contributed by atoms with Crippen molar-refractivity contribution >= 4 is 73.2 Å². The summed E-state index contributed by atoms with van der Waals surface area (Å²) in [5.74, 6) is 6.95. The van der Waals surface area contributed by atoms with Crippen LogP contribution in [0, 0.1) is 0 Å². The van der Waals surface area contributed by atoms with E-state index in [-0.39, 0.29) is 6.61 Å². The van der Waals surface area contributed by atoms with E-state index in [1.807, 2.05) is 35.3 Å². The van der Waals surface area contributed by atoms with Crippen molar-refractivity contribution in [2.75, 3.05) is 46.9 Å². The lowest BCUT2D eigenvalue weighted by molar-refractivity contribution is 0.301. The third kappa shape index (κ3) is 11.6. The molecule has 0 aliphatic carbocycles. The highest BCUT2D eigenvalue weighted by Gasteiger charge is 2.11. The predicted octanol–water partition coefficient (Wildman–Crippen LogP) is 2.70. The molecule has 0 radical (unpaired) electrons. The van der Waals surface area contributed by atoms with Gasteiger partial charge in [-0.2, -0.15) is 73.2 Å². The normalized spacial score (nSPS) is 14.8. The molecular weight excluding hydrogens is 329 g/mol. The van der Waals surface area contributed by atoms with Crippen LogP contribution in [0.15, 0.2) is 0 Å². The summed E-state index contributed by atoms with van der Waals surface area (Å²) in [7, 11) is 0. The van der Waals surface area contributed by atoms with E-state index in [0.717, 1.165) is 40.3 Å². The van der Waals surface area contributed by atoms with Crippen molar-refractivity contribution < 1.29 is 5.11 Å². The Kier molecular flexibility index (Phi) is 16.2. The second-order valence-electron chi connectivity index (χ2n) is 3.34. The molecule has 0 aromatic heterocycles. The molecule has 0 saturated heterocycles. The summed E-state index contributed by atoms with van der Waals surface area (Å²) in [5, 5.41) is 10.2. The standard InChI is InChI=1S/C10H22OS6/c11-5-9(16-3-1-12)7-15-8-10(6-14)17-4-2-13/h9-14H,1-8H2. The van der Waals surface area contributed by atoms with Gasteiger partial charge in [-0.25, -0.2) is 0 Å². The summed E-state index contributed by atoms with van der Waals surface area (Å²) in [5.41, 5.74) is 0. The fourth-order valence-corrected chi connectivity index (χ4v) is 5.65. The summed E-state index contributed by atoms with van der Waals surface area (Å²) in [6.45, 7) is 0.265. The lowest BCUT2D eigenvalue weighted by atomic mass is 10.5. The van der Waals surface area contributed by atoms with Crippen LogP contribution >= 0.6 is 73.2 Å². The molecule has 0 aliphatic rings. The van der Waals surface area contributed by atoms with E-state index in [9.17, 15) is 5.11 Å². The van der Waals surface area contributed by atoms with Crippen LogP contribution in [-0.2, 0) is 0 Å². The van der Waals surface area contributed by atoms with Gasteiger partial charge in [-0.1, -0.05) is 0 Å². The number of hydrogen-bond donors (Lipinski definition) is 4. The first-order valence-corrected chi connectivity index (χ1v) is 10.7. The van der Waals surface area contributed by atoms with Crippen molar-refractivity contribution in [3.63, 3.8) is 0 Å². The zero-order valence-corrected chi connectivity index (χ0v) is 15.0. The minimum absolute atomic E-state index is 0.265. The van der Waals surface area contributed by atoms with Gasteiger partial charge in [0.1, 0.15) is 0 Å². The van der Waals surface area contributed by atoms with Gasteiger partial charge in [0.05, 0.1) is 6.61 Å². The number of rotatable bonds is 12. The van der Waals surface area contributed by atoms with E-state index in [1.165, 1.54) is 0 Å². The highest BCUT2D eigenvalue weighted by atomic mass is 32.2. The largest absolute Gasteiger partial charge is 0.395 e. The molecule has 0 aromatic carbocycles. The van der Waals surface area contributed by atoms with Gasteiger partial charge in [-0.15, -0.1) is 0 Å². The van der Waals surface area contributed by atoms with Crippen LogP contribution in [-0.4, -0.2) is 62.5 Å². The molecule has 0 heterocycles. The molecule has 0 fully saturated rings. The van der Waals surface area contributed by atoms with Crippen LogP contribution < -0.4 is 0 Å². The first kappa shape index (κ1) is 19.1. The van der Waals surface area contributed by atoms with E-state index < -0.39 is 0 Å². The van der Waals surface area contributed by atoms with E-state index in [0.29, 0.717) is 10.5 Å². The van der Waals surface area contributed by atoms with Crippen molar-refractivity contribution in [1.29, 1.82) is 0 Å². The van der Waals surface area contributed by atoms with Crippen molar-refractivity contribution in [2.24, 2.45) is 0 Å². The number of aliphatic hydroxyl groups is 1. The molecule has 0 amide bonds. The Morgan fingerprint density at radius 3 is 1.88 bits per heavy atom. The topological polar surface area (TPSA) is 20.2 Å². The Bertz CT molecular complexity index is 144. The minimum atomic E-state index is 0.265. The lowest BCUT2D eigenvalue weighted by Gasteiger charge is -2.16. The molecule has 17 heavy (non-hydrogen) atoms. The highest BCUT2D eigenvalue weighted by molar-refractivity contribution is 8.05. The van der Waals surface area contributed by atoms with Crippen LogP contribution in [0.5, 0.6) is 0 Å². The van der Waals surface area contributed by atoms with E-state index >= 15 is 0 Å². The van der Waals surface area contributed by atoms with Gasteiger partial charge >= 0.3 is 0 Å². The number of thiol groups is 3. The van der Waals surface area contributed by atoms with E-state index in [2.05, 4.69) is 37.9 Å². The zero-order valence-electron chi connectivity index (χ0n) is 9.83. The van der Waals surface area contributed by atoms with Crippen molar-refractivity contribution in [1.82, 2.24) is 0 Å². The van der Waals surface area contributed by atoms with Crippen molar-refractivity contribution in [2.45, 2.75) is 10.5 Å². The first-order chi connectivity index (χ1) is 8.28. The van der Waals surface area contributed by atoms with E-state index in [4.69, 9.17) is 0 Å². The molecule has 0 spiro atoms. The maximum Gasteiger partial charge on any atom is 0.0558 e. The number of hydrogen-bond acceptors (Lipinski definition) is 7. The molecule has 0 rings (SSSR count). The molecule has 0 saturated carbocycles. The Hall–Kier alpha value is 2.06. The number of thioether (sulfide) groups is 3. The maximum absolute atomic E-state index is 9.23. The average Bonchev–Trinajstić information content (AvgIpc) is 2.37. The van der Waals surface area contributed by atoms with Crippen LogP contribution in [0.1, 0.15) is 0 Å². The molecule has 0 aromatic rings. The SMILES string of the molecule is OCC(CSCC(CS)SCCS)SCCS. The van der Waals surface area contributed by atoms with Crippen LogP contribution in [0.25, 0.3) is 0 Å². The molecule has 0 bridgehead atoms. The van der Waals surface area contributed by atoms with Crippen LogP contribution in [0.2, 0.25) is 0 Å². The Labute approximate surface area is 135 Å². The fraction of sp³-hybridized carbons (Fsp3) is 1.00. The molecule has 7 heteroatoms. The molecule has 1 N–H and O–H groups in total.